The van der Waals surface area contributed by atoms with Crippen molar-refractivity contribution in [3.8, 4) is 11.1 Å². The first kappa shape index (κ1) is 29.3. The molecule has 0 aliphatic rings. The van der Waals surface area contributed by atoms with E-state index < -0.39 is 0 Å². The fourth-order valence-electron chi connectivity index (χ4n) is 4.32. The zero-order valence-electron chi connectivity index (χ0n) is 21.4. The van der Waals surface area contributed by atoms with E-state index >= 15 is 0 Å². The van der Waals surface area contributed by atoms with E-state index in [1.807, 2.05) is 66.7 Å². The molecule has 4 rings (SSSR count). The maximum Gasteiger partial charge on any atom is 2.00 e. The van der Waals surface area contributed by atoms with Gasteiger partial charge in [-0.15, -0.1) is 23.3 Å². The third-order valence-electron chi connectivity index (χ3n) is 6.21. The number of hydrogen-bond donors (Lipinski definition) is 0. The predicted octanol–water partition coefficient (Wildman–Crippen LogP) is 9.66. The van der Waals surface area contributed by atoms with E-state index in [4.69, 9.17) is 0 Å². The largest absolute Gasteiger partial charge is 2.00 e. The molecule has 4 aromatic carbocycles. The number of carbonyl (C=O) groups is 1. The molecular formula is C34H38FeO. The third kappa shape index (κ3) is 9.97. The van der Waals surface area contributed by atoms with Crippen molar-refractivity contribution in [3.05, 3.63) is 126 Å². The molecule has 0 unspecified atom stereocenters. The second kappa shape index (κ2) is 17.5. The summed E-state index contributed by atoms with van der Waals surface area (Å²) in [6.45, 7) is 2.26. The summed E-state index contributed by atoms with van der Waals surface area (Å²) in [7, 11) is 0. The monoisotopic (exact) mass is 518 g/mol. The van der Waals surface area contributed by atoms with Gasteiger partial charge in [-0.1, -0.05) is 124 Å². The van der Waals surface area contributed by atoms with Crippen molar-refractivity contribution in [2.24, 2.45) is 0 Å². The summed E-state index contributed by atoms with van der Waals surface area (Å²) >= 11 is 0. The summed E-state index contributed by atoms with van der Waals surface area (Å²) in [6.07, 6.45) is 14.0. The van der Waals surface area contributed by atoms with Crippen LogP contribution in [0.25, 0.3) is 17.2 Å². The minimum Gasteiger partial charge on any atom is -0.289 e. The number of unbranched alkanes of at least 4 members (excludes halogenated alkanes) is 6. The maximum absolute atomic E-state index is 12.5. The van der Waals surface area contributed by atoms with Crippen molar-refractivity contribution in [2.45, 2.75) is 58.3 Å². The first-order valence-corrected chi connectivity index (χ1v) is 13.1. The number of ketones is 1. The van der Waals surface area contributed by atoms with Gasteiger partial charge in [0.15, 0.2) is 5.78 Å². The van der Waals surface area contributed by atoms with Gasteiger partial charge in [-0.25, -0.2) is 12.1 Å². The molecule has 36 heavy (non-hydrogen) atoms. The molecule has 0 aromatic heterocycles. The Balaban J connectivity index is 0.000000678. The van der Waals surface area contributed by atoms with E-state index in [0.717, 1.165) is 17.5 Å². The summed E-state index contributed by atoms with van der Waals surface area (Å²) in [6, 6.07) is 34.4. The Hall–Kier alpha value is -2.93. The van der Waals surface area contributed by atoms with Crippen LogP contribution >= 0.6 is 0 Å². The Bertz CT molecular complexity index is 1090. The molecule has 4 aromatic rings. The molecular weight excluding hydrogens is 480 g/mol. The average molecular weight is 519 g/mol. The van der Waals surface area contributed by atoms with Crippen LogP contribution in [-0.2, 0) is 23.5 Å². The molecule has 0 aliphatic carbocycles. The molecule has 0 amide bonds. The summed E-state index contributed by atoms with van der Waals surface area (Å²) in [5, 5.41) is 0. The standard InChI is InChI=1S/C29H33O.C5H5.Fe/c1-2-3-4-5-6-7-9-17-26-20-14-21-27(29(26)25-18-12-13-19-25)22-23-28(30)24-15-10-8-11-16-24;1-2-4-5-3-1;/h8,10-16,18-23H,2-7,9,17H2,1H3;1-5H;/q2*-1;+2. The number of benzene rings is 2. The number of allylic oxidation sites excluding steroid dienone is 1. The molecule has 188 valence electrons. The van der Waals surface area contributed by atoms with Crippen LogP contribution in [0.1, 0.15) is 73.4 Å². The zero-order chi connectivity index (χ0) is 24.6. The summed E-state index contributed by atoms with van der Waals surface area (Å²) in [5.74, 6) is 0.0431. The molecule has 0 saturated carbocycles. The van der Waals surface area contributed by atoms with Crippen molar-refractivity contribution in [1.29, 1.82) is 0 Å². The molecule has 0 bridgehead atoms. The topological polar surface area (TPSA) is 17.1 Å². The quantitative estimate of drug-likeness (QED) is 0.0600. The van der Waals surface area contributed by atoms with Crippen LogP contribution in [0.5, 0.6) is 0 Å². The van der Waals surface area contributed by atoms with Gasteiger partial charge in [0.05, 0.1) is 0 Å². The second-order valence-corrected chi connectivity index (χ2v) is 8.95. The van der Waals surface area contributed by atoms with Crippen molar-refractivity contribution in [3.63, 3.8) is 0 Å². The van der Waals surface area contributed by atoms with Crippen LogP contribution in [0.15, 0.2) is 109 Å². The Kier molecular flexibility index (Phi) is 14.2. The summed E-state index contributed by atoms with van der Waals surface area (Å²) in [5.41, 5.74) is 5.73. The van der Waals surface area contributed by atoms with Gasteiger partial charge in [0.2, 0.25) is 0 Å². The number of rotatable bonds is 12. The van der Waals surface area contributed by atoms with E-state index in [9.17, 15) is 4.79 Å². The van der Waals surface area contributed by atoms with Gasteiger partial charge >= 0.3 is 17.1 Å². The van der Waals surface area contributed by atoms with Gasteiger partial charge in [-0.05, 0) is 6.08 Å². The Morgan fingerprint density at radius 1 is 0.778 bits per heavy atom. The maximum atomic E-state index is 12.5. The van der Waals surface area contributed by atoms with Crippen molar-refractivity contribution >= 4 is 11.9 Å². The fraction of sp³-hybridized carbons (Fsp3) is 0.265. The van der Waals surface area contributed by atoms with E-state index in [0.29, 0.717) is 0 Å². The van der Waals surface area contributed by atoms with Gasteiger partial charge in [-0.2, -0.15) is 30.3 Å². The molecule has 0 saturated heterocycles. The average Bonchev–Trinajstić information content (AvgIpc) is 3.65. The Labute approximate surface area is 228 Å². The van der Waals surface area contributed by atoms with Gasteiger partial charge in [0, 0.05) is 5.56 Å². The first-order valence-electron chi connectivity index (χ1n) is 13.1. The smallest absolute Gasteiger partial charge is 0.289 e. The van der Waals surface area contributed by atoms with Crippen molar-refractivity contribution < 1.29 is 21.9 Å². The third-order valence-corrected chi connectivity index (χ3v) is 6.21. The molecule has 0 N–H and O–H groups in total. The van der Waals surface area contributed by atoms with Crippen LogP contribution < -0.4 is 0 Å². The fourth-order valence-corrected chi connectivity index (χ4v) is 4.32. The minimum atomic E-state index is 0. The Morgan fingerprint density at radius 2 is 1.44 bits per heavy atom. The molecule has 0 radical (unpaired) electrons. The zero-order valence-corrected chi connectivity index (χ0v) is 22.5. The molecule has 0 atom stereocenters. The van der Waals surface area contributed by atoms with Crippen LogP contribution in [0.3, 0.4) is 0 Å². The summed E-state index contributed by atoms with van der Waals surface area (Å²) < 4.78 is 0. The number of aryl methyl sites for hydroxylation is 1. The van der Waals surface area contributed by atoms with Gasteiger partial charge in [0.25, 0.3) is 0 Å². The molecule has 0 aliphatic heterocycles. The number of carbonyl (C=O) groups excluding carboxylic acids is 1. The van der Waals surface area contributed by atoms with Crippen LogP contribution in [0.2, 0.25) is 0 Å². The molecule has 2 heteroatoms. The van der Waals surface area contributed by atoms with Crippen molar-refractivity contribution in [1.82, 2.24) is 0 Å². The Morgan fingerprint density at radius 3 is 2.08 bits per heavy atom. The molecule has 0 fully saturated rings. The van der Waals surface area contributed by atoms with E-state index in [2.05, 4.69) is 49.4 Å². The number of hydrogen-bond acceptors (Lipinski definition) is 1. The first-order chi connectivity index (χ1) is 17.3. The second-order valence-electron chi connectivity index (χ2n) is 8.95. The molecule has 1 nitrogen and oxygen atoms in total. The van der Waals surface area contributed by atoms with Gasteiger partial charge in [0.1, 0.15) is 0 Å². The van der Waals surface area contributed by atoms with Crippen LogP contribution in [-0.4, -0.2) is 5.78 Å². The normalized spacial score (nSPS) is 10.5. The molecule has 0 spiro atoms. The minimum absolute atomic E-state index is 0. The predicted molar refractivity (Wildman–Crippen MR) is 151 cm³/mol. The van der Waals surface area contributed by atoms with Gasteiger partial charge < -0.3 is 0 Å². The van der Waals surface area contributed by atoms with E-state index in [-0.39, 0.29) is 22.9 Å². The van der Waals surface area contributed by atoms with Crippen LogP contribution in [0, 0.1) is 0 Å². The van der Waals surface area contributed by atoms with E-state index in [1.165, 1.54) is 61.6 Å². The van der Waals surface area contributed by atoms with Crippen LogP contribution in [0.4, 0.5) is 0 Å². The van der Waals surface area contributed by atoms with Gasteiger partial charge in [-0.3, -0.25) is 4.79 Å². The molecule has 0 heterocycles. The van der Waals surface area contributed by atoms with E-state index in [1.54, 1.807) is 6.08 Å². The van der Waals surface area contributed by atoms with Crippen molar-refractivity contribution in [2.75, 3.05) is 0 Å². The SMILES string of the molecule is CCCCCCCCCc1cccc(C=CC(=O)c2ccccc2)c1-[c-]1cccc1.[Fe+2].c1cc[cH-]c1. The summed E-state index contributed by atoms with van der Waals surface area (Å²) in [4.78, 5) is 12.5.